The highest BCUT2D eigenvalue weighted by Crippen LogP contribution is 2.29. The van der Waals surface area contributed by atoms with Gasteiger partial charge in [-0.15, -0.1) is 11.3 Å². The number of carbonyl (C=O) groups excluding carboxylic acids is 1. The maximum atomic E-state index is 12.1. The van der Waals surface area contributed by atoms with Crippen LogP contribution in [0.15, 0.2) is 10.9 Å². The number of hydrogen-bond acceptors (Lipinski definition) is 4. The molecule has 0 bridgehead atoms. The van der Waals surface area contributed by atoms with E-state index in [-0.39, 0.29) is 5.91 Å². The average molecular weight is 239 g/mol. The van der Waals surface area contributed by atoms with E-state index in [4.69, 9.17) is 5.73 Å². The van der Waals surface area contributed by atoms with Crippen molar-refractivity contribution in [3.63, 3.8) is 0 Å². The van der Waals surface area contributed by atoms with Crippen LogP contribution in [0.4, 0.5) is 0 Å². The first-order valence-corrected chi connectivity index (χ1v) is 6.53. The van der Waals surface area contributed by atoms with E-state index in [1.54, 1.807) is 10.9 Å². The minimum absolute atomic E-state index is 0.0200. The van der Waals surface area contributed by atoms with Crippen LogP contribution < -0.4 is 5.73 Å². The molecule has 2 N–H and O–H groups in total. The summed E-state index contributed by atoms with van der Waals surface area (Å²) in [6, 6.07) is 0.291. The summed E-state index contributed by atoms with van der Waals surface area (Å²) in [5.41, 5.74) is 7.97. The number of nitrogens with two attached hydrogens (primary N) is 1. The van der Waals surface area contributed by atoms with Crippen molar-refractivity contribution in [1.82, 2.24) is 9.88 Å². The van der Waals surface area contributed by atoms with E-state index in [0.717, 1.165) is 12.8 Å². The molecule has 0 spiro atoms. The monoisotopic (exact) mass is 239 g/mol. The number of hydrogen-bond donors (Lipinski definition) is 1. The molecule has 1 aromatic heterocycles. The molecule has 5 heteroatoms. The van der Waals surface area contributed by atoms with Crippen molar-refractivity contribution in [2.24, 2.45) is 11.7 Å². The molecule has 1 aliphatic carbocycles. The van der Waals surface area contributed by atoms with Crippen LogP contribution >= 0.6 is 11.3 Å². The Morgan fingerprint density at radius 2 is 2.50 bits per heavy atom. The molecule has 1 fully saturated rings. The van der Waals surface area contributed by atoms with Gasteiger partial charge < -0.3 is 10.6 Å². The first-order valence-electron chi connectivity index (χ1n) is 5.59. The van der Waals surface area contributed by atoms with Crippen LogP contribution in [0, 0.1) is 5.92 Å². The second kappa shape index (κ2) is 4.93. The Kier molecular flexibility index (Phi) is 3.56. The molecule has 1 aliphatic rings. The molecule has 2 atom stereocenters. The molecule has 2 unspecified atom stereocenters. The van der Waals surface area contributed by atoms with Gasteiger partial charge in [-0.2, -0.15) is 0 Å². The Morgan fingerprint density at radius 1 is 1.69 bits per heavy atom. The maximum absolute atomic E-state index is 12.1. The predicted octanol–water partition coefficient (Wildman–Crippen LogP) is 1.34. The second-order valence-corrected chi connectivity index (χ2v) is 5.00. The summed E-state index contributed by atoms with van der Waals surface area (Å²) in [5, 5.41) is 1.80. The van der Waals surface area contributed by atoms with Crippen LogP contribution in [0.2, 0.25) is 0 Å². The second-order valence-electron chi connectivity index (χ2n) is 4.28. The average Bonchev–Trinajstić information content (AvgIpc) is 2.97. The quantitative estimate of drug-likeness (QED) is 0.866. The van der Waals surface area contributed by atoms with Crippen molar-refractivity contribution in [2.45, 2.75) is 25.3 Å². The van der Waals surface area contributed by atoms with Gasteiger partial charge in [-0.1, -0.05) is 6.42 Å². The third-order valence-corrected chi connectivity index (χ3v) is 3.98. The molecule has 1 amide bonds. The van der Waals surface area contributed by atoms with E-state index in [9.17, 15) is 4.79 Å². The molecule has 1 saturated carbocycles. The summed E-state index contributed by atoms with van der Waals surface area (Å²) in [6.45, 7) is 0.666. The zero-order chi connectivity index (χ0) is 11.5. The zero-order valence-corrected chi connectivity index (χ0v) is 10.2. The van der Waals surface area contributed by atoms with Crippen LogP contribution in [-0.4, -0.2) is 35.4 Å². The summed E-state index contributed by atoms with van der Waals surface area (Å²) < 4.78 is 0. The number of thiazole rings is 1. The number of aromatic nitrogens is 1. The van der Waals surface area contributed by atoms with E-state index >= 15 is 0 Å². The number of amides is 1. The highest BCUT2D eigenvalue weighted by molar-refractivity contribution is 7.07. The Bertz CT molecular complexity index is 352. The Labute approximate surface area is 99.5 Å². The first kappa shape index (κ1) is 11.5. The summed E-state index contributed by atoms with van der Waals surface area (Å²) in [5.74, 6) is 0.471. The lowest BCUT2D eigenvalue weighted by Crippen LogP contribution is -2.41. The third kappa shape index (κ3) is 2.10. The minimum Gasteiger partial charge on any atom is -0.337 e. The summed E-state index contributed by atoms with van der Waals surface area (Å²) >= 11 is 1.45. The number of carbonyl (C=O) groups is 1. The molecular weight excluding hydrogens is 222 g/mol. The topological polar surface area (TPSA) is 59.2 Å². The van der Waals surface area contributed by atoms with Gasteiger partial charge in [-0.25, -0.2) is 4.98 Å². The van der Waals surface area contributed by atoms with Gasteiger partial charge in [-0.05, 0) is 25.3 Å². The Morgan fingerprint density at radius 3 is 3.12 bits per heavy atom. The molecule has 0 aliphatic heterocycles. The van der Waals surface area contributed by atoms with Gasteiger partial charge in [0.1, 0.15) is 5.69 Å². The standard InChI is InChI=1S/C11H17N3OS/c1-14(10-4-2-3-8(10)5-12)11(15)9-6-16-7-13-9/h6-8,10H,2-5,12H2,1H3. The van der Waals surface area contributed by atoms with E-state index < -0.39 is 0 Å². The summed E-state index contributed by atoms with van der Waals surface area (Å²) in [7, 11) is 1.86. The molecular formula is C11H17N3OS. The number of rotatable bonds is 3. The van der Waals surface area contributed by atoms with E-state index in [2.05, 4.69) is 4.98 Å². The van der Waals surface area contributed by atoms with Crippen molar-refractivity contribution >= 4 is 17.2 Å². The fourth-order valence-electron chi connectivity index (χ4n) is 2.45. The van der Waals surface area contributed by atoms with Crippen molar-refractivity contribution in [2.75, 3.05) is 13.6 Å². The Hall–Kier alpha value is -0.940. The molecule has 1 aromatic rings. The van der Waals surface area contributed by atoms with Crippen LogP contribution in [0.25, 0.3) is 0 Å². The molecule has 0 aromatic carbocycles. The Balaban J connectivity index is 2.07. The number of nitrogens with zero attached hydrogens (tertiary/aromatic N) is 2. The summed E-state index contributed by atoms with van der Waals surface area (Å²) in [6.07, 6.45) is 3.37. The van der Waals surface area contributed by atoms with Gasteiger partial charge in [0.15, 0.2) is 0 Å². The van der Waals surface area contributed by atoms with E-state index in [1.807, 2.05) is 11.9 Å². The molecule has 88 valence electrons. The van der Waals surface area contributed by atoms with E-state index in [0.29, 0.717) is 24.2 Å². The smallest absolute Gasteiger partial charge is 0.273 e. The van der Waals surface area contributed by atoms with Gasteiger partial charge in [-0.3, -0.25) is 4.79 Å². The van der Waals surface area contributed by atoms with Crippen LogP contribution in [-0.2, 0) is 0 Å². The molecule has 0 saturated heterocycles. The first-order chi connectivity index (χ1) is 7.74. The van der Waals surface area contributed by atoms with Gasteiger partial charge in [0.05, 0.1) is 5.51 Å². The molecule has 2 rings (SSSR count). The maximum Gasteiger partial charge on any atom is 0.273 e. The normalized spacial score (nSPS) is 24.6. The largest absolute Gasteiger partial charge is 0.337 e. The zero-order valence-electron chi connectivity index (χ0n) is 9.43. The molecule has 4 nitrogen and oxygen atoms in total. The molecule has 1 heterocycles. The summed E-state index contributed by atoms with van der Waals surface area (Å²) in [4.78, 5) is 18.0. The lowest BCUT2D eigenvalue weighted by atomic mass is 10.0. The fraction of sp³-hybridized carbons (Fsp3) is 0.636. The lowest BCUT2D eigenvalue weighted by Gasteiger charge is -2.28. The van der Waals surface area contributed by atoms with Crippen molar-refractivity contribution < 1.29 is 4.79 Å². The third-order valence-electron chi connectivity index (χ3n) is 3.39. The van der Waals surface area contributed by atoms with Crippen LogP contribution in [0.5, 0.6) is 0 Å². The van der Waals surface area contributed by atoms with Crippen LogP contribution in [0.1, 0.15) is 29.8 Å². The fourth-order valence-corrected chi connectivity index (χ4v) is 2.98. The SMILES string of the molecule is CN(C(=O)c1cscn1)C1CCCC1CN. The van der Waals surface area contributed by atoms with Gasteiger partial charge in [0, 0.05) is 18.5 Å². The van der Waals surface area contributed by atoms with Gasteiger partial charge in [0.25, 0.3) is 5.91 Å². The predicted molar refractivity (Wildman–Crippen MR) is 64.4 cm³/mol. The van der Waals surface area contributed by atoms with Crippen molar-refractivity contribution in [1.29, 1.82) is 0 Å². The van der Waals surface area contributed by atoms with Crippen LogP contribution in [0.3, 0.4) is 0 Å². The minimum atomic E-state index is 0.0200. The van der Waals surface area contributed by atoms with Gasteiger partial charge in [0.2, 0.25) is 0 Å². The highest BCUT2D eigenvalue weighted by atomic mass is 32.1. The van der Waals surface area contributed by atoms with Crippen molar-refractivity contribution in [3.05, 3.63) is 16.6 Å². The highest BCUT2D eigenvalue weighted by Gasteiger charge is 2.32. The van der Waals surface area contributed by atoms with Gasteiger partial charge >= 0.3 is 0 Å². The molecule has 16 heavy (non-hydrogen) atoms. The van der Waals surface area contributed by atoms with Crippen molar-refractivity contribution in [3.8, 4) is 0 Å². The van der Waals surface area contributed by atoms with E-state index in [1.165, 1.54) is 17.8 Å². The lowest BCUT2D eigenvalue weighted by molar-refractivity contribution is 0.0695. The molecule has 0 radical (unpaired) electrons.